The molecule has 1 aliphatic rings. The van der Waals surface area contributed by atoms with Crippen LogP contribution in [0.2, 0.25) is 0 Å². The van der Waals surface area contributed by atoms with Crippen molar-refractivity contribution < 1.29 is 4.74 Å². The number of ether oxygens (including phenoxy) is 1. The molecule has 132 valence electrons. The Morgan fingerprint density at radius 2 is 1.60 bits per heavy atom. The Bertz CT molecular complexity index is 765. The van der Waals surface area contributed by atoms with Gasteiger partial charge in [0.1, 0.15) is 12.4 Å². The van der Waals surface area contributed by atoms with Crippen molar-refractivity contribution in [2.45, 2.75) is 59.8 Å². The van der Waals surface area contributed by atoms with E-state index in [1.54, 1.807) is 0 Å². The van der Waals surface area contributed by atoms with E-state index in [0.717, 1.165) is 31.6 Å². The molecule has 0 saturated carbocycles. The molecule has 2 aromatic carbocycles. The van der Waals surface area contributed by atoms with Gasteiger partial charge in [-0.2, -0.15) is 0 Å². The van der Waals surface area contributed by atoms with Crippen LogP contribution in [0.25, 0.3) is 5.57 Å². The predicted molar refractivity (Wildman–Crippen MR) is 107 cm³/mol. The van der Waals surface area contributed by atoms with E-state index in [9.17, 15) is 0 Å². The summed E-state index contributed by atoms with van der Waals surface area (Å²) in [5.74, 6) is 1.04. The normalized spacial score (nSPS) is 14.2. The lowest BCUT2D eigenvalue weighted by Crippen LogP contribution is -2.04. The molecule has 0 N–H and O–H groups in total. The highest BCUT2D eigenvalue weighted by molar-refractivity contribution is 5.71. The van der Waals surface area contributed by atoms with Gasteiger partial charge < -0.3 is 4.74 Å². The minimum atomic E-state index is 0.719. The Morgan fingerprint density at radius 1 is 0.840 bits per heavy atom. The molecule has 0 fully saturated rings. The van der Waals surface area contributed by atoms with Crippen LogP contribution in [0.5, 0.6) is 5.75 Å². The summed E-state index contributed by atoms with van der Waals surface area (Å²) in [7, 11) is 0. The average Bonchev–Trinajstić information content (AvgIpc) is 3.11. The first-order valence-electron chi connectivity index (χ1n) is 9.66. The molecular weight excluding hydrogens is 304 g/mol. The number of hydrogen-bond acceptors (Lipinski definition) is 1. The van der Waals surface area contributed by atoms with E-state index >= 15 is 0 Å². The summed E-state index contributed by atoms with van der Waals surface area (Å²) in [5, 5.41) is 0. The summed E-state index contributed by atoms with van der Waals surface area (Å²) >= 11 is 0. The van der Waals surface area contributed by atoms with Crippen LogP contribution < -0.4 is 4.74 Å². The van der Waals surface area contributed by atoms with Gasteiger partial charge in [0.05, 0.1) is 0 Å². The summed E-state index contributed by atoms with van der Waals surface area (Å²) in [6.45, 7) is 9.52. The highest BCUT2D eigenvalue weighted by Crippen LogP contribution is 2.35. The number of aryl methyl sites for hydroxylation is 2. The molecule has 0 heterocycles. The number of allylic oxidation sites excluding steroid dienone is 1. The second-order valence-corrected chi connectivity index (χ2v) is 7.10. The first-order valence-corrected chi connectivity index (χ1v) is 9.66. The molecule has 0 spiro atoms. The number of hydrogen-bond donors (Lipinski definition) is 0. The highest BCUT2D eigenvalue weighted by atomic mass is 16.5. The van der Waals surface area contributed by atoms with Crippen LogP contribution in [0.3, 0.4) is 0 Å². The van der Waals surface area contributed by atoms with E-state index in [4.69, 9.17) is 4.74 Å². The summed E-state index contributed by atoms with van der Waals surface area (Å²) in [5.41, 5.74) is 9.83. The van der Waals surface area contributed by atoms with E-state index in [-0.39, 0.29) is 0 Å². The lowest BCUT2D eigenvalue weighted by Gasteiger charge is -2.15. The number of benzene rings is 2. The van der Waals surface area contributed by atoms with Gasteiger partial charge in [0.2, 0.25) is 0 Å². The van der Waals surface area contributed by atoms with Gasteiger partial charge in [0.25, 0.3) is 0 Å². The van der Waals surface area contributed by atoms with Crippen molar-refractivity contribution in [1.29, 1.82) is 0 Å². The Morgan fingerprint density at radius 3 is 2.28 bits per heavy atom. The SMILES string of the molecule is CCc1ccc(C2=C(COc3ccc(CC)c(C)c3C)CCC2)cc1. The molecule has 0 unspecified atom stereocenters. The van der Waals surface area contributed by atoms with Gasteiger partial charge in [0, 0.05) is 0 Å². The molecule has 0 aromatic heterocycles. The van der Waals surface area contributed by atoms with Gasteiger partial charge in [-0.05, 0) is 91.0 Å². The molecule has 2 aromatic rings. The smallest absolute Gasteiger partial charge is 0.122 e. The van der Waals surface area contributed by atoms with E-state index in [1.165, 1.54) is 51.8 Å². The molecule has 0 saturated heterocycles. The third-order valence-corrected chi connectivity index (χ3v) is 5.68. The maximum atomic E-state index is 6.24. The predicted octanol–water partition coefficient (Wildman–Crippen LogP) is 6.44. The van der Waals surface area contributed by atoms with Crippen LogP contribution in [0.4, 0.5) is 0 Å². The molecule has 1 aliphatic carbocycles. The van der Waals surface area contributed by atoms with E-state index < -0.39 is 0 Å². The van der Waals surface area contributed by atoms with E-state index in [1.807, 2.05) is 0 Å². The van der Waals surface area contributed by atoms with Gasteiger partial charge in [0.15, 0.2) is 0 Å². The van der Waals surface area contributed by atoms with Gasteiger partial charge >= 0.3 is 0 Å². The fourth-order valence-corrected chi connectivity index (χ4v) is 3.81. The van der Waals surface area contributed by atoms with Crippen molar-refractivity contribution in [2.24, 2.45) is 0 Å². The largest absolute Gasteiger partial charge is 0.489 e. The maximum Gasteiger partial charge on any atom is 0.122 e. The summed E-state index contributed by atoms with van der Waals surface area (Å²) in [6.07, 6.45) is 5.76. The van der Waals surface area contributed by atoms with Gasteiger partial charge in [-0.25, -0.2) is 0 Å². The Hall–Kier alpha value is -2.02. The van der Waals surface area contributed by atoms with E-state index in [2.05, 4.69) is 64.1 Å². The third-order valence-electron chi connectivity index (χ3n) is 5.68. The van der Waals surface area contributed by atoms with Crippen molar-refractivity contribution in [2.75, 3.05) is 6.61 Å². The molecule has 0 amide bonds. The molecule has 0 radical (unpaired) electrons. The van der Waals surface area contributed by atoms with Crippen molar-refractivity contribution in [1.82, 2.24) is 0 Å². The minimum Gasteiger partial charge on any atom is -0.489 e. The lowest BCUT2D eigenvalue weighted by atomic mass is 10.00. The zero-order chi connectivity index (χ0) is 17.8. The zero-order valence-corrected chi connectivity index (χ0v) is 16.1. The van der Waals surface area contributed by atoms with Crippen LogP contribution in [0.15, 0.2) is 42.0 Å². The molecule has 1 nitrogen and oxygen atoms in total. The Balaban J connectivity index is 1.78. The molecular formula is C24H30O. The lowest BCUT2D eigenvalue weighted by molar-refractivity contribution is 0.346. The molecule has 0 bridgehead atoms. The average molecular weight is 335 g/mol. The monoisotopic (exact) mass is 334 g/mol. The van der Waals surface area contributed by atoms with E-state index in [0.29, 0.717) is 0 Å². The van der Waals surface area contributed by atoms with Crippen molar-refractivity contribution in [3.8, 4) is 5.75 Å². The van der Waals surface area contributed by atoms with Gasteiger partial charge in [-0.3, -0.25) is 0 Å². The summed E-state index contributed by atoms with van der Waals surface area (Å²) < 4.78 is 6.24. The van der Waals surface area contributed by atoms with Crippen LogP contribution in [0.1, 0.15) is 60.9 Å². The summed E-state index contributed by atoms with van der Waals surface area (Å²) in [6, 6.07) is 13.4. The zero-order valence-electron chi connectivity index (χ0n) is 16.1. The van der Waals surface area contributed by atoms with Crippen LogP contribution in [-0.2, 0) is 12.8 Å². The fraction of sp³-hybridized carbons (Fsp3) is 0.417. The minimum absolute atomic E-state index is 0.719. The molecule has 1 heteroatoms. The van der Waals surface area contributed by atoms with Crippen molar-refractivity contribution >= 4 is 5.57 Å². The molecule has 0 aliphatic heterocycles. The number of rotatable bonds is 6. The fourth-order valence-electron chi connectivity index (χ4n) is 3.81. The Labute approximate surface area is 152 Å². The molecule has 0 atom stereocenters. The molecule has 25 heavy (non-hydrogen) atoms. The maximum absolute atomic E-state index is 6.24. The standard InChI is InChI=1S/C24H30O/c1-5-19-10-12-21(13-11-19)23-9-7-8-22(23)16-25-24-15-14-20(6-2)17(3)18(24)4/h10-15H,5-9,16H2,1-4H3. The van der Waals surface area contributed by atoms with Crippen molar-refractivity contribution in [3.05, 3.63) is 69.8 Å². The Kier molecular flexibility index (Phi) is 5.63. The highest BCUT2D eigenvalue weighted by Gasteiger charge is 2.17. The molecule has 3 rings (SSSR count). The van der Waals surface area contributed by atoms with Gasteiger partial charge in [-0.1, -0.05) is 44.2 Å². The van der Waals surface area contributed by atoms with Gasteiger partial charge in [-0.15, -0.1) is 0 Å². The summed E-state index contributed by atoms with van der Waals surface area (Å²) in [4.78, 5) is 0. The van der Waals surface area contributed by atoms with Crippen LogP contribution in [-0.4, -0.2) is 6.61 Å². The first-order chi connectivity index (χ1) is 12.1. The quantitative estimate of drug-likeness (QED) is 0.590. The first kappa shape index (κ1) is 17.8. The van der Waals surface area contributed by atoms with Crippen LogP contribution in [0, 0.1) is 13.8 Å². The van der Waals surface area contributed by atoms with Crippen molar-refractivity contribution in [3.63, 3.8) is 0 Å². The second kappa shape index (κ2) is 7.91. The second-order valence-electron chi connectivity index (χ2n) is 7.10. The van der Waals surface area contributed by atoms with Crippen LogP contribution >= 0.6 is 0 Å². The topological polar surface area (TPSA) is 9.23 Å². The third kappa shape index (κ3) is 3.81.